The molecule has 1 fully saturated rings. The van der Waals surface area contributed by atoms with Gasteiger partial charge in [0.05, 0.1) is 18.2 Å². The maximum atomic E-state index is 12.0. The average Bonchev–Trinajstić information content (AvgIpc) is 3.11. The molecule has 3 aromatic rings. The van der Waals surface area contributed by atoms with E-state index in [0.717, 1.165) is 36.2 Å². The molecule has 0 aliphatic carbocycles. The molecule has 1 aliphatic heterocycles. The molecule has 1 saturated heterocycles. The third-order valence-corrected chi connectivity index (χ3v) is 5.22. The summed E-state index contributed by atoms with van der Waals surface area (Å²) in [6, 6.07) is 16.5. The van der Waals surface area contributed by atoms with Crippen LogP contribution in [0.4, 0.5) is 0 Å². The van der Waals surface area contributed by atoms with Crippen molar-refractivity contribution >= 4 is 16.9 Å². The number of methoxy groups -OCH3 is 1. The van der Waals surface area contributed by atoms with E-state index in [0.29, 0.717) is 11.6 Å². The van der Waals surface area contributed by atoms with Gasteiger partial charge in [0.15, 0.2) is 0 Å². The summed E-state index contributed by atoms with van der Waals surface area (Å²) in [6.45, 7) is 2.88. The number of nitrogens with zero attached hydrogens (tertiary/aromatic N) is 1. The number of piperidine rings is 1. The highest BCUT2D eigenvalue weighted by atomic mass is 16.5. The Morgan fingerprint density at radius 1 is 1.26 bits per heavy atom. The van der Waals surface area contributed by atoms with Crippen molar-refractivity contribution in [3.05, 3.63) is 65.9 Å². The minimum absolute atomic E-state index is 0.306. The van der Waals surface area contributed by atoms with E-state index in [2.05, 4.69) is 33.5 Å². The third-order valence-electron chi connectivity index (χ3n) is 5.22. The molecule has 5 heteroatoms. The number of para-hydroxylation sites is 1. The van der Waals surface area contributed by atoms with Crippen molar-refractivity contribution in [2.24, 2.45) is 0 Å². The SMILES string of the molecule is COC(=O)c1ccc2c(c1)c(CNC1CCCNC1)cn2-c1ccccc1. The van der Waals surface area contributed by atoms with Gasteiger partial charge in [-0.2, -0.15) is 0 Å². The topological polar surface area (TPSA) is 55.3 Å². The predicted octanol–water partition coefficient (Wildman–Crippen LogP) is 3.26. The van der Waals surface area contributed by atoms with Crippen LogP contribution < -0.4 is 10.6 Å². The molecule has 0 spiro atoms. The second kappa shape index (κ2) is 7.94. The lowest BCUT2D eigenvalue weighted by molar-refractivity contribution is 0.0601. The van der Waals surface area contributed by atoms with Gasteiger partial charge in [-0.15, -0.1) is 0 Å². The maximum Gasteiger partial charge on any atom is 0.337 e. The molecule has 27 heavy (non-hydrogen) atoms. The molecule has 1 aromatic heterocycles. The van der Waals surface area contributed by atoms with E-state index in [1.807, 2.05) is 36.4 Å². The number of hydrogen-bond acceptors (Lipinski definition) is 4. The van der Waals surface area contributed by atoms with Crippen LogP contribution in [0, 0.1) is 0 Å². The fourth-order valence-electron chi connectivity index (χ4n) is 3.77. The summed E-state index contributed by atoms with van der Waals surface area (Å²) in [5.41, 5.74) is 3.97. The molecule has 0 amide bonds. The lowest BCUT2D eigenvalue weighted by atomic mass is 10.1. The van der Waals surface area contributed by atoms with Crippen molar-refractivity contribution < 1.29 is 9.53 Å². The van der Waals surface area contributed by atoms with E-state index < -0.39 is 0 Å². The van der Waals surface area contributed by atoms with Crippen LogP contribution in [-0.4, -0.2) is 36.8 Å². The number of fused-ring (bicyclic) bond motifs is 1. The van der Waals surface area contributed by atoms with Gasteiger partial charge in [-0.25, -0.2) is 4.79 Å². The largest absolute Gasteiger partial charge is 0.465 e. The normalized spacial score (nSPS) is 17.1. The first-order chi connectivity index (χ1) is 13.3. The molecule has 0 bridgehead atoms. The van der Waals surface area contributed by atoms with Crippen LogP contribution in [0.1, 0.15) is 28.8 Å². The molecule has 0 radical (unpaired) electrons. The zero-order valence-corrected chi connectivity index (χ0v) is 15.6. The number of carbonyl (C=O) groups excluding carboxylic acids is 1. The summed E-state index contributed by atoms with van der Waals surface area (Å²) in [5, 5.41) is 8.19. The number of benzene rings is 2. The van der Waals surface area contributed by atoms with Crippen molar-refractivity contribution in [2.75, 3.05) is 20.2 Å². The molecule has 4 rings (SSSR count). The Kier molecular flexibility index (Phi) is 5.23. The van der Waals surface area contributed by atoms with E-state index in [1.54, 1.807) is 0 Å². The molecular formula is C22H25N3O2. The Bertz CT molecular complexity index is 927. The minimum Gasteiger partial charge on any atom is -0.465 e. The standard InChI is InChI=1S/C22H25N3O2/c1-27-22(26)16-9-10-21-20(12-16)17(13-24-18-6-5-11-23-14-18)15-25(21)19-7-3-2-4-8-19/h2-4,7-10,12,15,18,23-24H,5-6,11,13-14H2,1H3. The zero-order chi connectivity index (χ0) is 18.6. The maximum absolute atomic E-state index is 12.0. The van der Waals surface area contributed by atoms with Gasteiger partial charge < -0.3 is 19.9 Å². The van der Waals surface area contributed by atoms with Gasteiger partial charge in [0, 0.05) is 36.4 Å². The smallest absolute Gasteiger partial charge is 0.337 e. The van der Waals surface area contributed by atoms with Crippen molar-refractivity contribution in [3.63, 3.8) is 0 Å². The minimum atomic E-state index is -0.306. The molecule has 1 unspecified atom stereocenters. The molecule has 2 aromatic carbocycles. The highest BCUT2D eigenvalue weighted by molar-refractivity contribution is 5.96. The van der Waals surface area contributed by atoms with Crippen LogP contribution in [0.15, 0.2) is 54.7 Å². The summed E-state index contributed by atoms with van der Waals surface area (Å²) in [5.74, 6) is -0.306. The number of carbonyl (C=O) groups is 1. The highest BCUT2D eigenvalue weighted by Crippen LogP contribution is 2.26. The second-order valence-corrected chi connectivity index (χ2v) is 7.01. The molecule has 0 saturated carbocycles. The number of esters is 1. The molecule has 2 heterocycles. The second-order valence-electron chi connectivity index (χ2n) is 7.01. The fourth-order valence-corrected chi connectivity index (χ4v) is 3.77. The van der Waals surface area contributed by atoms with Crippen LogP contribution >= 0.6 is 0 Å². The number of aromatic nitrogens is 1. The average molecular weight is 363 g/mol. The lowest BCUT2D eigenvalue weighted by Gasteiger charge is -2.23. The van der Waals surface area contributed by atoms with E-state index in [1.165, 1.54) is 25.5 Å². The summed E-state index contributed by atoms with van der Waals surface area (Å²) in [6.07, 6.45) is 4.57. The van der Waals surface area contributed by atoms with Crippen LogP contribution in [0.3, 0.4) is 0 Å². The van der Waals surface area contributed by atoms with Gasteiger partial charge in [-0.1, -0.05) is 18.2 Å². The van der Waals surface area contributed by atoms with Crippen molar-refractivity contribution in [2.45, 2.75) is 25.4 Å². The van der Waals surface area contributed by atoms with Gasteiger partial charge in [0.2, 0.25) is 0 Å². The first-order valence-electron chi connectivity index (χ1n) is 9.48. The fraction of sp³-hybridized carbons (Fsp3) is 0.318. The summed E-state index contributed by atoms with van der Waals surface area (Å²) in [4.78, 5) is 12.0. The van der Waals surface area contributed by atoms with Crippen molar-refractivity contribution in [3.8, 4) is 5.69 Å². The van der Waals surface area contributed by atoms with Gasteiger partial charge in [0.1, 0.15) is 0 Å². The Labute approximate surface area is 159 Å². The molecule has 140 valence electrons. The van der Waals surface area contributed by atoms with Crippen molar-refractivity contribution in [1.82, 2.24) is 15.2 Å². The van der Waals surface area contributed by atoms with Crippen LogP contribution in [0.25, 0.3) is 16.6 Å². The Morgan fingerprint density at radius 2 is 2.11 bits per heavy atom. The molecule has 2 N–H and O–H groups in total. The van der Waals surface area contributed by atoms with Gasteiger partial charge >= 0.3 is 5.97 Å². The summed E-state index contributed by atoms with van der Waals surface area (Å²) in [7, 11) is 1.42. The number of nitrogens with one attached hydrogen (secondary N) is 2. The van der Waals surface area contributed by atoms with Gasteiger partial charge in [-0.3, -0.25) is 0 Å². The predicted molar refractivity (Wildman–Crippen MR) is 107 cm³/mol. The van der Waals surface area contributed by atoms with E-state index >= 15 is 0 Å². The Hall–Kier alpha value is -2.63. The highest BCUT2D eigenvalue weighted by Gasteiger charge is 2.16. The Balaban J connectivity index is 1.72. The molecule has 1 atom stereocenters. The lowest BCUT2D eigenvalue weighted by Crippen LogP contribution is -2.42. The summed E-state index contributed by atoms with van der Waals surface area (Å²) >= 11 is 0. The summed E-state index contributed by atoms with van der Waals surface area (Å²) < 4.78 is 7.09. The number of rotatable bonds is 5. The first kappa shape index (κ1) is 17.8. The van der Waals surface area contributed by atoms with Crippen LogP contribution in [0.2, 0.25) is 0 Å². The monoisotopic (exact) mass is 363 g/mol. The first-order valence-corrected chi connectivity index (χ1v) is 9.48. The van der Waals surface area contributed by atoms with Gasteiger partial charge in [-0.05, 0) is 55.3 Å². The molecular weight excluding hydrogens is 338 g/mol. The van der Waals surface area contributed by atoms with E-state index in [-0.39, 0.29) is 5.97 Å². The number of hydrogen-bond donors (Lipinski definition) is 2. The zero-order valence-electron chi connectivity index (χ0n) is 15.6. The number of ether oxygens (including phenoxy) is 1. The third kappa shape index (κ3) is 3.75. The van der Waals surface area contributed by atoms with E-state index in [9.17, 15) is 4.79 Å². The van der Waals surface area contributed by atoms with Crippen LogP contribution in [-0.2, 0) is 11.3 Å². The molecule has 5 nitrogen and oxygen atoms in total. The van der Waals surface area contributed by atoms with Gasteiger partial charge in [0.25, 0.3) is 0 Å². The Morgan fingerprint density at radius 3 is 2.85 bits per heavy atom. The quantitative estimate of drug-likeness (QED) is 0.683. The molecule has 1 aliphatic rings. The van der Waals surface area contributed by atoms with Crippen LogP contribution in [0.5, 0.6) is 0 Å². The van der Waals surface area contributed by atoms with Crippen molar-refractivity contribution in [1.29, 1.82) is 0 Å². The van der Waals surface area contributed by atoms with E-state index in [4.69, 9.17) is 4.74 Å².